The fraction of sp³-hybridized carbons (Fsp3) is 0.231. The molecule has 1 atom stereocenters. The van der Waals surface area contributed by atoms with E-state index < -0.39 is 22.0 Å². The number of hydrogen-bond donors (Lipinski definition) is 1. The first-order chi connectivity index (χ1) is 16.7. The van der Waals surface area contributed by atoms with E-state index >= 15 is 0 Å². The molecule has 8 nitrogen and oxygen atoms in total. The molecular formula is C26H29N3O5S. The Labute approximate surface area is 206 Å². The second-order valence-corrected chi connectivity index (χ2v) is 9.63. The third-order valence-corrected chi connectivity index (χ3v) is 6.32. The predicted octanol–water partition coefficient (Wildman–Crippen LogP) is 4.57. The molecule has 1 amide bonds. The highest BCUT2D eigenvalue weighted by Gasteiger charge is 2.29. The Morgan fingerprint density at radius 2 is 1.51 bits per heavy atom. The lowest BCUT2D eigenvalue weighted by molar-refractivity contribution is -0.121. The molecule has 3 aromatic rings. The van der Waals surface area contributed by atoms with Gasteiger partial charge in [-0.15, -0.1) is 0 Å². The van der Waals surface area contributed by atoms with E-state index in [0.717, 1.165) is 21.9 Å². The van der Waals surface area contributed by atoms with E-state index in [-0.39, 0.29) is 0 Å². The van der Waals surface area contributed by atoms with E-state index in [1.54, 1.807) is 31.2 Å². The molecule has 3 aromatic carbocycles. The maximum atomic E-state index is 12.8. The number of carbonyl (C=O) groups excluding carboxylic acids is 1. The highest BCUT2D eigenvalue weighted by atomic mass is 32.2. The zero-order valence-corrected chi connectivity index (χ0v) is 21.0. The molecule has 9 heteroatoms. The highest BCUT2D eigenvalue weighted by Crippen LogP contribution is 2.27. The number of nitrogens with one attached hydrogen (secondary N) is 1. The Morgan fingerprint density at radius 3 is 2.09 bits per heavy atom. The van der Waals surface area contributed by atoms with Crippen molar-refractivity contribution < 1.29 is 22.7 Å². The van der Waals surface area contributed by atoms with Gasteiger partial charge in [-0.3, -0.25) is 9.10 Å². The van der Waals surface area contributed by atoms with Crippen LogP contribution in [0.15, 0.2) is 84.0 Å². The number of para-hydroxylation sites is 1. The third-order valence-electron chi connectivity index (χ3n) is 5.08. The number of sulfonamides is 1. The van der Waals surface area contributed by atoms with E-state index in [1.165, 1.54) is 6.92 Å². The second kappa shape index (κ2) is 11.5. The Balaban J connectivity index is 1.72. The standard InChI is InChI=1S/C26H29N3O5S/c1-5-33-23-15-11-21(12-16-23)19(2)27-28-26(30)20(3)29(35(4,31)32)22-13-17-25(18-14-22)34-24-9-7-6-8-10-24/h6-18,20H,5H2,1-4H3,(H,28,30)/b27-19-/t20-/m0/s1. The average molecular weight is 496 g/mol. The summed E-state index contributed by atoms with van der Waals surface area (Å²) in [7, 11) is -3.77. The number of amides is 1. The lowest BCUT2D eigenvalue weighted by atomic mass is 10.1. The van der Waals surface area contributed by atoms with E-state index in [0.29, 0.717) is 29.5 Å². The van der Waals surface area contributed by atoms with E-state index in [9.17, 15) is 13.2 Å². The van der Waals surface area contributed by atoms with Gasteiger partial charge < -0.3 is 9.47 Å². The molecule has 0 fully saturated rings. The number of carbonyl (C=O) groups is 1. The van der Waals surface area contributed by atoms with Crippen LogP contribution in [0.3, 0.4) is 0 Å². The Hall–Kier alpha value is -3.85. The molecule has 3 rings (SSSR count). The summed E-state index contributed by atoms with van der Waals surface area (Å²) in [4.78, 5) is 12.8. The summed E-state index contributed by atoms with van der Waals surface area (Å²) in [5.41, 5.74) is 4.18. The lowest BCUT2D eigenvalue weighted by Gasteiger charge is -2.27. The molecule has 0 heterocycles. The number of nitrogens with zero attached hydrogens (tertiary/aromatic N) is 2. The number of hydrogen-bond acceptors (Lipinski definition) is 6. The zero-order valence-electron chi connectivity index (χ0n) is 20.1. The van der Waals surface area contributed by atoms with Crippen LogP contribution in [-0.4, -0.2) is 38.9 Å². The number of ether oxygens (including phenoxy) is 2. The fourth-order valence-electron chi connectivity index (χ4n) is 3.35. The number of rotatable bonds is 10. The quantitative estimate of drug-likeness (QED) is 0.328. The van der Waals surface area contributed by atoms with Crippen molar-refractivity contribution in [1.82, 2.24) is 5.43 Å². The largest absolute Gasteiger partial charge is 0.494 e. The van der Waals surface area contributed by atoms with Gasteiger partial charge in [0.1, 0.15) is 23.3 Å². The summed E-state index contributed by atoms with van der Waals surface area (Å²) < 4.78 is 37.4. The van der Waals surface area contributed by atoms with Crippen LogP contribution in [0.5, 0.6) is 17.2 Å². The van der Waals surface area contributed by atoms with Crippen molar-refractivity contribution in [3.63, 3.8) is 0 Å². The normalized spacial score (nSPS) is 12.5. The monoisotopic (exact) mass is 495 g/mol. The number of benzene rings is 3. The van der Waals surface area contributed by atoms with Crippen LogP contribution in [0.2, 0.25) is 0 Å². The first-order valence-corrected chi connectivity index (χ1v) is 12.9. The van der Waals surface area contributed by atoms with Gasteiger partial charge in [-0.25, -0.2) is 13.8 Å². The summed E-state index contributed by atoms with van der Waals surface area (Å²) in [6, 6.07) is 22.0. The van der Waals surface area contributed by atoms with Crippen molar-refractivity contribution in [3.8, 4) is 17.2 Å². The van der Waals surface area contributed by atoms with Crippen molar-refractivity contribution in [2.24, 2.45) is 5.10 Å². The first-order valence-electron chi connectivity index (χ1n) is 11.1. The van der Waals surface area contributed by atoms with Crippen LogP contribution in [0.4, 0.5) is 5.69 Å². The Kier molecular flexibility index (Phi) is 8.48. The highest BCUT2D eigenvalue weighted by molar-refractivity contribution is 7.92. The maximum absolute atomic E-state index is 12.8. The second-order valence-electron chi connectivity index (χ2n) is 7.77. The van der Waals surface area contributed by atoms with Crippen molar-refractivity contribution in [2.75, 3.05) is 17.2 Å². The molecular weight excluding hydrogens is 466 g/mol. The van der Waals surface area contributed by atoms with Gasteiger partial charge >= 0.3 is 0 Å². The van der Waals surface area contributed by atoms with Crippen molar-refractivity contribution in [3.05, 3.63) is 84.4 Å². The molecule has 0 aliphatic heterocycles. The molecule has 0 saturated carbocycles. The van der Waals surface area contributed by atoms with Crippen LogP contribution in [-0.2, 0) is 14.8 Å². The van der Waals surface area contributed by atoms with Crippen LogP contribution in [0.25, 0.3) is 0 Å². The van der Waals surface area contributed by atoms with Gasteiger partial charge in [0.05, 0.1) is 24.3 Å². The summed E-state index contributed by atoms with van der Waals surface area (Å²) in [5.74, 6) is 1.38. The van der Waals surface area contributed by atoms with Crippen molar-refractivity contribution in [2.45, 2.75) is 26.8 Å². The molecule has 0 saturated heterocycles. The summed E-state index contributed by atoms with van der Waals surface area (Å²) in [6.07, 6.45) is 1.06. The average Bonchev–Trinajstić information content (AvgIpc) is 2.84. The SMILES string of the molecule is CCOc1ccc(/C(C)=N\NC(=O)[C@H](C)N(c2ccc(Oc3ccccc3)cc2)S(C)(=O)=O)cc1. The molecule has 184 valence electrons. The van der Waals surface area contributed by atoms with Crippen LogP contribution < -0.4 is 19.2 Å². The van der Waals surface area contributed by atoms with E-state index in [2.05, 4.69) is 10.5 Å². The molecule has 0 unspecified atom stereocenters. The molecule has 0 radical (unpaired) electrons. The minimum Gasteiger partial charge on any atom is -0.494 e. The van der Waals surface area contributed by atoms with Crippen LogP contribution in [0.1, 0.15) is 26.3 Å². The zero-order chi connectivity index (χ0) is 25.4. The molecule has 1 N–H and O–H groups in total. The first kappa shape index (κ1) is 25.8. The Morgan fingerprint density at radius 1 is 0.943 bits per heavy atom. The summed E-state index contributed by atoms with van der Waals surface area (Å²) >= 11 is 0. The van der Waals surface area contributed by atoms with Gasteiger partial charge in [-0.1, -0.05) is 18.2 Å². The van der Waals surface area contributed by atoms with Crippen LogP contribution >= 0.6 is 0 Å². The molecule has 0 spiro atoms. The minimum absolute atomic E-state index is 0.336. The van der Waals surface area contributed by atoms with Gasteiger partial charge in [0.25, 0.3) is 5.91 Å². The van der Waals surface area contributed by atoms with Gasteiger partial charge in [0.2, 0.25) is 10.0 Å². The van der Waals surface area contributed by atoms with Crippen molar-refractivity contribution >= 4 is 27.3 Å². The minimum atomic E-state index is -3.77. The molecule has 35 heavy (non-hydrogen) atoms. The maximum Gasteiger partial charge on any atom is 0.263 e. The van der Waals surface area contributed by atoms with E-state index in [1.807, 2.05) is 61.5 Å². The molecule has 0 aliphatic rings. The topological polar surface area (TPSA) is 97.3 Å². The van der Waals surface area contributed by atoms with Gasteiger partial charge in [0.15, 0.2) is 0 Å². The molecule has 0 bridgehead atoms. The molecule has 0 aromatic heterocycles. The fourth-order valence-corrected chi connectivity index (χ4v) is 4.53. The third kappa shape index (κ3) is 7.07. The number of anilines is 1. The predicted molar refractivity (Wildman–Crippen MR) is 138 cm³/mol. The van der Waals surface area contributed by atoms with Gasteiger partial charge in [0, 0.05) is 0 Å². The summed E-state index contributed by atoms with van der Waals surface area (Å²) in [6.45, 7) is 5.73. The smallest absolute Gasteiger partial charge is 0.263 e. The summed E-state index contributed by atoms with van der Waals surface area (Å²) in [5, 5.41) is 4.14. The van der Waals surface area contributed by atoms with Gasteiger partial charge in [-0.2, -0.15) is 5.10 Å². The lowest BCUT2D eigenvalue weighted by Crippen LogP contribution is -2.46. The van der Waals surface area contributed by atoms with Crippen molar-refractivity contribution in [1.29, 1.82) is 0 Å². The number of hydrazone groups is 1. The van der Waals surface area contributed by atoms with Crippen LogP contribution in [0, 0.1) is 0 Å². The van der Waals surface area contributed by atoms with E-state index in [4.69, 9.17) is 9.47 Å². The Bertz CT molecular complexity index is 1260. The molecule has 0 aliphatic carbocycles. The van der Waals surface area contributed by atoms with Gasteiger partial charge in [-0.05, 0) is 87.0 Å².